The van der Waals surface area contributed by atoms with Crippen LogP contribution < -0.4 is 0 Å². The Morgan fingerprint density at radius 3 is 2.07 bits per heavy atom. The minimum Gasteiger partial charge on any atom is -0.481 e. The van der Waals surface area contributed by atoms with Crippen LogP contribution in [0.2, 0.25) is 0 Å². The molecule has 0 spiro atoms. The van der Waals surface area contributed by atoms with Gasteiger partial charge >= 0.3 is 17.8 Å². The average Bonchev–Trinajstić information content (AvgIpc) is 2.03. The predicted octanol–water partition coefficient (Wildman–Crippen LogP) is 2.92. The van der Waals surface area contributed by atoms with Gasteiger partial charge in [0.2, 0.25) is 0 Å². The summed E-state index contributed by atoms with van der Waals surface area (Å²) in [5, 5.41) is 8.14. The smallest absolute Gasteiger partial charge is 0.310 e. The van der Waals surface area contributed by atoms with E-state index in [9.17, 15) is 22.4 Å². The lowest BCUT2D eigenvalue weighted by Gasteiger charge is -2.25. The van der Waals surface area contributed by atoms with Crippen LogP contribution in [0.25, 0.3) is 0 Å². The van der Waals surface area contributed by atoms with Crippen LogP contribution in [0.1, 0.15) is 32.6 Å². The summed E-state index contributed by atoms with van der Waals surface area (Å²) >= 11 is 0. The van der Waals surface area contributed by atoms with E-state index >= 15 is 0 Å². The van der Waals surface area contributed by atoms with Gasteiger partial charge < -0.3 is 5.11 Å². The van der Waals surface area contributed by atoms with Gasteiger partial charge in [-0.25, -0.2) is 0 Å². The largest absolute Gasteiger partial charge is 0.481 e. The van der Waals surface area contributed by atoms with Crippen LogP contribution in [0.5, 0.6) is 0 Å². The summed E-state index contributed by atoms with van der Waals surface area (Å²) < 4.78 is 50.5. The Morgan fingerprint density at radius 2 is 1.71 bits per heavy atom. The molecule has 0 saturated carbocycles. The van der Waals surface area contributed by atoms with Crippen molar-refractivity contribution in [3.05, 3.63) is 0 Å². The number of aliphatic carboxylic acids is 1. The van der Waals surface area contributed by atoms with Gasteiger partial charge in [0.25, 0.3) is 0 Å². The summed E-state index contributed by atoms with van der Waals surface area (Å²) in [5.74, 6) is -9.43. The first kappa shape index (κ1) is 13.2. The second kappa shape index (κ2) is 4.61. The summed E-state index contributed by atoms with van der Waals surface area (Å²) in [5.41, 5.74) is 0. The van der Waals surface area contributed by atoms with Crippen LogP contribution in [-0.2, 0) is 4.79 Å². The van der Waals surface area contributed by atoms with Crippen molar-refractivity contribution in [3.8, 4) is 0 Å². The number of carboxylic acid groups (broad SMARTS) is 1. The van der Waals surface area contributed by atoms with Gasteiger partial charge in [0.15, 0.2) is 0 Å². The lowest BCUT2D eigenvalue weighted by Crippen LogP contribution is -2.39. The minimum absolute atomic E-state index is 0.447. The molecule has 0 atom stereocenters. The first-order valence-corrected chi connectivity index (χ1v) is 4.20. The zero-order valence-electron chi connectivity index (χ0n) is 7.70. The van der Waals surface area contributed by atoms with E-state index in [0.717, 1.165) is 6.92 Å². The molecule has 0 aromatic rings. The van der Waals surface area contributed by atoms with Crippen molar-refractivity contribution in [1.29, 1.82) is 0 Å². The highest BCUT2D eigenvalue weighted by Gasteiger charge is 2.53. The lowest BCUT2D eigenvalue weighted by molar-refractivity contribution is -0.213. The highest BCUT2D eigenvalue weighted by Crippen LogP contribution is 2.40. The fraction of sp³-hybridized carbons (Fsp3) is 0.875. The molecule has 6 heteroatoms. The summed E-state index contributed by atoms with van der Waals surface area (Å²) in [6, 6.07) is 0. The Bertz CT molecular complexity index is 204. The zero-order chi connectivity index (χ0) is 11.4. The number of hydrogen-bond donors (Lipinski definition) is 1. The van der Waals surface area contributed by atoms with E-state index in [1.54, 1.807) is 0 Å². The summed E-state index contributed by atoms with van der Waals surface area (Å²) in [4.78, 5) is 9.97. The summed E-state index contributed by atoms with van der Waals surface area (Å²) in [6.45, 7) is 0.963. The quantitative estimate of drug-likeness (QED) is 0.693. The number of hydrogen-bond acceptors (Lipinski definition) is 1. The van der Waals surface area contributed by atoms with Crippen LogP contribution in [0.4, 0.5) is 17.6 Å². The molecule has 0 bridgehead atoms. The molecule has 0 amide bonds. The van der Waals surface area contributed by atoms with Crippen LogP contribution in [-0.4, -0.2) is 22.9 Å². The molecule has 0 rings (SSSR count). The molecule has 0 aliphatic carbocycles. The van der Waals surface area contributed by atoms with Gasteiger partial charge in [0.1, 0.15) is 0 Å². The normalized spacial score (nSPS) is 12.9. The molecule has 0 aromatic heterocycles. The number of carboxylic acids is 1. The first-order valence-electron chi connectivity index (χ1n) is 4.20. The van der Waals surface area contributed by atoms with Gasteiger partial charge in [-0.1, -0.05) is 6.92 Å². The van der Waals surface area contributed by atoms with Gasteiger partial charge in [0, 0.05) is 19.3 Å². The first-order chi connectivity index (χ1) is 6.23. The fourth-order valence-electron chi connectivity index (χ4n) is 0.903. The second-order valence-corrected chi connectivity index (χ2v) is 3.01. The molecule has 0 fully saturated rings. The van der Waals surface area contributed by atoms with E-state index in [2.05, 4.69) is 0 Å². The number of rotatable bonds is 6. The van der Waals surface area contributed by atoms with E-state index in [1.165, 1.54) is 0 Å². The van der Waals surface area contributed by atoms with E-state index in [4.69, 9.17) is 5.11 Å². The maximum Gasteiger partial charge on any atom is 0.310 e. The van der Waals surface area contributed by atoms with Crippen molar-refractivity contribution >= 4 is 5.97 Å². The number of carbonyl (C=O) groups is 1. The molecule has 0 unspecified atom stereocenters. The van der Waals surface area contributed by atoms with E-state index in [1.807, 2.05) is 0 Å². The van der Waals surface area contributed by atoms with Gasteiger partial charge in [-0.3, -0.25) is 4.79 Å². The highest BCUT2D eigenvalue weighted by molar-refractivity contribution is 5.66. The monoisotopic (exact) mass is 216 g/mol. The molecule has 0 heterocycles. The molecular weight excluding hydrogens is 204 g/mol. The predicted molar refractivity (Wildman–Crippen MR) is 41.7 cm³/mol. The molecular formula is C8H12F4O2. The molecule has 0 aliphatic heterocycles. The van der Waals surface area contributed by atoms with Gasteiger partial charge in [-0.05, 0) is 6.42 Å². The van der Waals surface area contributed by atoms with Crippen LogP contribution in [0, 0.1) is 0 Å². The minimum atomic E-state index is -4.11. The van der Waals surface area contributed by atoms with Crippen molar-refractivity contribution in [2.24, 2.45) is 0 Å². The van der Waals surface area contributed by atoms with Crippen LogP contribution in [0.3, 0.4) is 0 Å². The molecule has 14 heavy (non-hydrogen) atoms. The Labute approximate surface area is 78.9 Å². The Morgan fingerprint density at radius 1 is 1.21 bits per heavy atom. The fourth-order valence-corrected chi connectivity index (χ4v) is 0.903. The maximum atomic E-state index is 12.7. The van der Waals surface area contributed by atoms with E-state index in [-0.39, 0.29) is 0 Å². The third kappa shape index (κ3) is 3.51. The molecule has 1 N–H and O–H groups in total. The second-order valence-electron chi connectivity index (χ2n) is 3.01. The topological polar surface area (TPSA) is 37.3 Å². The average molecular weight is 216 g/mol. The van der Waals surface area contributed by atoms with Crippen molar-refractivity contribution in [1.82, 2.24) is 0 Å². The lowest BCUT2D eigenvalue weighted by atomic mass is 10.0. The van der Waals surface area contributed by atoms with Crippen LogP contribution in [0.15, 0.2) is 0 Å². The van der Waals surface area contributed by atoms with Crippen molar-refractivity contribution in [2.45, 2.75) is 44.5 Å². The zero-order valence-corrected chi connectivity index (χ0v) is 7.70. The Kier molecular flexibility index (Phi) is 4.35. The SMILES string of the molecule is CCC(F)(F)C(F)(F)CCCC(=O)O. The molecule has 84 valence electrons. The third-order valence-corrected chi connectivity index (χ3v) is 1.86. The highest BCUT2D eigenvalue weighted by atomic mass is 19.3. The van der Waals surface area contributed by atoms with Crippen LogP contribution >= 0.6 is 0 Å². The number of halogens is 4. The van der Waals surface area contributed by atoms with Gasteiger partial charge in [-0.15, -0.1) is 0 Å². The third-order valence-electron chi connectivity index (χ3n) is 1.86. The molecule has 0 saturated heterocycles. The van der Waals surface area contributed by atoms with Gasteiger partial charge in [0.05, 0.1) is 0 Å². The summed E-state index contributed by atoms with van der Waals surface area (Å²) in [7, 11) is 0. The molecule has 0 aliphatic rings. The van der Waals surface area contributed by atoms with Crippen molar-refractivity contribution in [3.63, 3.8) is 0 Å². The standard InChI is InChI=1S/C8H12F4O2/c1-2-7(9,10)8(11,12)5-3-4-6(13)14/h2-5H2,1H3,(H,13,14). The van der Waals surface area contributed by atoms with Gasteiger partial charge in [-0.2, -0.15) is 17.6 Å². The Hall–Kier alpha value is -0.810. The van der Waals surface area contributed by atoms with Crippen molar-refractivity contribution < 1.29 is 27.5 Å². The molecule has 2 nitrogen and oxygen atoms in total. The number of alkyl halides is 4. The molecule has 0 radical (unpaired) electrons. The summed E-state index contributed by atoms with van der Waals surface area (Å²) in [6.07, 6.45) is -3.01. The molecule has 0 aromatic carbocycles. The Balaban J connectivity index is 4.13. The van der Waals surface area contributed by atoms with E-state index < -0.39 is 43.5 Å². The van der Waals surface area contributed by atoms with E-state index in [0.29, 0.717) is 0 Å². The van der Waals surface area contributed by atoms with Crippen molar-refractivity contribution in [2.75, 3.05) is 0 Å². The maximum absolute atomic E-state index is 12.7.